The zero-order valence-electron chi connectivity index (χ0n) is 18.6. The number of hydrogen-bond acceptors (Lipinski definition) is 5. The normalized spacial score (nSPS) is 21.4. The first-order valence-corrected chi connectivity index (χ1v) is 12.1. The molecule has 0 radical (unpaired) electrons. The molecule has 1 aromatic rings. The summed E-state index contributed by atoms with van der Waals surface area (Å²) in [6.45, 7) is 7.78. The van der Waals surface area contributed by atoms with E-state index < -0.39 is 26.9 Å². The number of amides is 1. The van der Waals surface area contributed by atoms with Crippen LogP contribution in [0.2, 0.25) is 0 Å². The Bertz CT molecular complexity index is 936. The molecule has 2 atom stereocenters. The van der Waals surface area contributed by atoms with Crippen LogP contribution in [0.3, 0.4) is 0 Å². The minimum atomic E-state index is -3.57. The monoisotopic (exact) mass is 468 g/mol. The van der Waals surface area contributed by atoms with Crippen molar-refractivity contribution in [3.63, 3.8) is 0 Å². The van der Waals surface area contributed by atoms with Crippen LogP contribution >= 0.6 is 12.4 Å². The Balaban J connectivity index is 0.00000341. The van der Waals surface area contributed by atoms with Crippen LogP contribution in [-0.2, 0) is 14.6 Å². The van der Waals surface area contributed by atoms with E-state index in [0.717, 1.165) is 29.7 Å². The summed E-state index contributed by atoms with van der Waals surface area (Å²) in [6, 6.07) is 9.90. The Morgan fingerprint density at radius 3 is 2.58 bits per heavy atom. The number of fused-ring (bicyclic) bond motifs is 1. The smallest absolute Gasteiger partial charge is 0.415 e. The molecule has 1 aliphatic carbocycles. The highest BCUT2D eigenvalue weighted by atomic mass is 35.5. The minimum absolute atomic E-state index is 0. The van der Waals surface area contributed by atoms with Gasteiger partial charge in [-0.1, -0.05) is 48.1 Å². The number of likely N-dealkylation sites (tertiary alicyclic amines) is 1. The van der Waals surface area contributed by atoms with Crippen LogP contribution in [0.15, 0.2) is 47.7 Å². The fourth-order valence-corrected chi connectivity index (χ4v) is 5.64. The van der Waals surface area contributed by atoms with Crippen molar-refractivity contribution in [1.29, 1.82) is 0 Å². The van der Waals surface area contributed by atoms with Crippen LogP contribution in [0.5, 0.6) is 0 Å². The number of hydrogen-bond donors (Lipinski definition) is 1. The minimum Gasteiger partial charge on any atom is -0.443 e. The molecule has 0 spiro atoms. The van der Waals surface area contributed by atoms with Crippen molar-refractivity contribution in [3.8, 4) is 0 Å². The average molecular weight is 469 g/mol. The van der Waals surface area contributed by atoms with Crippen LogP contribution in [0.4, 0.5) is 4.79 Å². The molecule has 1 unspecified atom stereocenters. The maximum Gasteiger partial charge on any atom is 0.415 e. The number of ether oxygens (including phenoxy) is 1. The van der Waals surface area contributed by atoms with Crippen LogP contribution in [0.1, 0.15) is 52.5 Å². The molecule has 2 aliphatic rings. The number of nitrogens with zero attached hydrogens (tertiary/aromatic N) is 1. The van der Waals surface area contributed by atoms with Gasteiger partial charge in [0.25, 0.3) is 0 Å². The summed E-state index contributed by atoms with van der Waals surface area (Å²) in [5.41, 5.74) is 2.23. The molecule has 1 saturated heterocycles. The molecule has 6 nitrogen and oxygen atoms in total. The van der Waals surface area contributed by atoms with Crippen LogP contribution < -0.4 is 5.32 Å². The first-order chi connectivity index (χ1) is 14.1. The van der Waals surface area contributed by atoms with Gasteiger partial charge in [-0.3, -0.25) is 10.2 Å². The van der Waals surface area contributed by atoms with E-state index in [0.29, 0.717) is 13.0 Å². The van der Waals surface area contributed by atoms with Gasteiger partial charge in [0.2, 0.25) is 0 Å². The van der Waals surface area contributed by atoms with Crippen molar-refractivity contribution < 1.29 is 17.9 Å². The average Bonchev–Trinajstić information content (AvgIpc) is 3.22. The summed E-state index contributed by atoms with van der Waals surface area (Å²) in [4.78, 5) is 14.2. The maximum atomic E-state index is 13.1. The Morgan fingerprint density at radius 2 is 1.94 bits per heavy atom. The first-order valence-electron chi connectivity index (χ1n) is 10.4. The first kappa shape index (κ1) is 25.4. The Hall–Kier alpha value is -1.83. The van der Waals surface area contributed by atoms with Crippen molar-refractivity contribution in [2.45, 2.75) is 57.9 Å². The van der Waals surface area contributed by atoms with Gasteiger partial charge in [0.1, 0.15) is 16.9 Å². The molecule has 1 aliphatic heterocycles. The fourth-order valence-electron chi connectivity index (χ4n) is 4.01. The van der Waals surface area contributed by atoms with Crippen molar-refractivity contribution in [2.24, 2.45) is 5.92 Å². The second-order valence-electron chi connectivity index (χ2n) is 9.08. The van der Waals surface area contributed by atoms with Gasteiger partial charge in [0.15, 0.2) is 9.84 Å². The number of allylic oxidation sites excluding steroid dienone is 2. The topological polar surface area (TPSA) is 75.7 Å². The standard InChI is InChI=1S/C23H32N2O4S.ClH/c1-17(13-18-9-6-5-7-10-18)15-24-16-30(27,28)21-14-19-11-8-12-20(19)25(21)22(26)29-23(2,3)4;/h5-7,9-10,12-13,19,21,24H,8,11,14-16H2,1-4H3;1H/t19?,21-;/m0./s1. The third-order valence-corrected chi connectivity index (χ3v) is 7.10. The lowest BCUT2D eigenvalue weighted by Crippen LogP contribution is -2.45. The van der Waals surface area contributed by atoms with E-state index in [1.807, 2.05) is 49.4 Å². The molecule has 1 N–H and O–H groups in total. The van der Waals surface area contributed by atoms with E-state index in [-0.39, 0.29) is 24.2 Å². The van der Waals surface area contributed by atoms with Crippen LogP contribution in [-0.4, -0.2) is 42.8 Å². The zero-order chi connectivity index (χ0) is 21.9. The lowest BCUT2D eigenvalue weighted by molar-refractivity contribution is 0.0317. The number of carbonyl (C=O) groups excluding carboxylic acids is 1. The number of nitrogens with one attached hydrogen (secondary N) is 1. The Morgan fingerprint density at radius 1 is 1.26 bits per heavy atom. The third-order valence-electron chi connectivity index (χ3n) is 5.26. The van der Waals surface area contributed by atoms with Crippen molar-refractivity contribution in [2.75, 3.05) is 12.4 Å². The fraction of sp³-hybridized carbons (Fsp3) is 0.522. The van der Waals surface area contributed by atoms with Crippen molar-refractivity contribution in [3.05, 3.63) is 53.2 Å². The summed E-state index contributed by atoms with van der Waals surface area (Å²) in [7, 11) is -3.57. The summed E-state index contributed by atoms with van der Waals surface area (Å²) < 4.78 is 31.8. The highest BCUT2D eigenvalue weighted by Gasteiger charge is 2.48. The van der Waals surface area contributed by atoms with Gasteiger partial charge in [-0.15, -0.1) is 12.4 Å². The van der Waals surface area contributed by atoms with Gasteiger partial charge in [0, 0.05) is 18.2 Å². The highest BCUT2D eigenvalue weighted by molar-refractivity contribution is 7.91. The van der Waals surface area contributed by atoms with Gasteiger partial charge in [0.05, 0.1) is 0 Å². The number of sulfone groups is 1. The predicted molar refractivity (Wildman–Crippen MR) is 126 cm³/mol. The van der Waals surface area contributed by atoms with E-state index in [1.165, 1.54) is 4.90 Å². The third kappa shape index (κ3) is 6.57. The molecule has 1 heterocycles. The Kier molecular flexibility index (Phi) is 8.36. The molecule has 3 rings (SSSR count). The molecular weight excluding hydrogens is 436 g/mol. The molecule has 1 amide bonds. The van der Waals surface area contributed by atoms with Crippen molar-refractivity contribution >= 4 is 34.4 Å². The van der Waals surface area contributed by atoms with Crippen LogP contribution in [0, 0.1) is 5.92 Å². The molecule has 1 fully saturated rings. The number of benzene rings is 1. The predicted octanol–water partition coefficient (Wildman–Crippen LogP) is 4.73. The molecule has 31 heavy (non-hydrogen) atoms. The van der Waals surface area contributed by atoms with E-state index in [2.05, 4.69) is 5.32 Å². The summed E-state index contributed by atoms with van der Waals surface area (Å²) in [6.07, 6.45) is 5.61. The van der Waals surface area contributed by atoms with Gasteiger partial charge >= 0.3 is 6.09 Å². The molecular formula is C23H33ClN2O4S. The molecule has 172 valence electrons. The zero-order valence-corrected chi connectivity index (χ0v) is 20.3. The van der Waals surface area contributed by atoms with Crippen LogP contribution in [0.25, 0.3) is 6.08 Å². The van der Waals surface area contributed by atoms with Crippen molar-refractivity contribution in [1.82, 2.24) is 10.2 Å². The van der Waals surface area contributed by atoms with E-state index in [4.69, 9.17) is 4.74 Å². The van der Waals surface area contributed by atoms with Gasteiger partial charge in [-0.25, -0.2) is 13.2 Å². The highest BCUT2D eigenvalue weighted by Crippen LogP contribution is 2.43. The van der Waals surface area contributed by atoms with E-state index in [1.54, 1.807) is 20.8 Å². The molecule has 0 aromatic heterocycles. The molecule has 0 saturated carbocycles. The van der Waals surface area contributed by atoms with Gasteiger partial charge < -0.3 is 4.74 Å². The number of rotatable bonds is 6. The van der Waals surface area contributed by atoms with Gasteiger partial charge in [-0.2, -0.15) is 0 Å². The summed E-state index contributed by atoms with van der Waals surface area (Å²) >= 11 is 0. The van der Waals surface area contributed by atoms with E-state index >= 15 is 0 Å². The molecule has 8 heteroatoms. The summed E-state index contributed by atoms with van der Waals surface area (Å²) in [5.74, 6) is -0.0753. The second-order valence-corrected chi connectivity index (χ2v) is 11.2. The number of carbonyl (C=O) groups is 1. The largest absolute Gasteiger partial charge is 0.443 e. The second kappa shape index (κ2) is 10.2. The Labute approximate surface area is 192 Å². The molecule has 0 bridgehead atoms. The van der Waals surface area contributed by atoms with Gasteiger partial charge in [-0.05, 0) is 52.5 Å². The molecule has 1 aromatic carbocycles. The summed E-state index contributed by atoms with van der Waals surface area (Å²) in [5, 5.41) is 2.16. The number of halogens is 1. The maximum absolute atomic E-state index is 13.1. The van der Waals surface area contributed by atoms with E-state index in [9.17, 15) is 13.2 Å². The quantitative estimate of drug-likeness (QED) is 0.652. The SMILES string of the molecule is CC(=Cc1ccccc1)CNCS(=O)(=O)[C@H]1CC2CCC=C2N1C(=O)OC(C)(C)C.Cl. The lowest BCUT2D eigenvalue weighted by Gasteiger charge is -2.29. The lowest BCUT2D eigenvalue weighted by atomic mass is 10.1.